The SMILES string of the molecule is C=CCNCCCCOC1CCC(N(C)S(=O)(=O)c2ccc(C(F)(F)F)cc2)CC1. The third kappa shape index (κ3) is 7.08. The second-order valence-corrected chi connectivity index (χ2v) is 9.54. The average Bonchev–Trinajstić information content (AvgIpc) is 2.72. The molecular weight excluding hydrogens is 417 g/mol. The van der Waals surface area contributed by atoms with Crippen molar-refractivity contribution in [2.45, 2.75) is 61.7 Å². The Kier molecular flexibility index (Phi) is 9.33. The molecule has 5 nitrogen and oxygen atoms in total. The van der Waals surface area contributed by atoms with Crippen LogP contribution < -0.4 is 5.32 Å². The van der Waals surface area contributed by atoms with Crippen molar-refractivity contribution >= 4 is 10.0 Å². The number of rotatable bonds is 11. The number of hydrogen-bond donors (Lipinski definition) is 1. The highest BCUT2D eigenvalue weighted by molar-refractivity contribution is 7.89. The number of hydrogen-bond acceptors (Lipinski definition) is 4. The minimum atomic E-state index is -4.49. The zero-order valence-corrected chi connectivity index (χ0v) is 18.1. The average molecular weight is 449 g/mol. The Morgan fingerprint density at radius 2 is 1.80 bits per heavy atom. The zero-order valence-electron chi connectivity index (χ0n) is 17.3. The van der Waals surface area contributed by atoms with Crippen molar-refractivity contribution in [3.63, 3.8) is 0 Å². The first-order valence-electron chi connectivity index (χ1n) is 10.2. The molecule has 1 aliphatic carbocycles. The number of halogens is 3. The second kappa shape index (κ2) is 11.3. The number of nitrogens with one attached hydrogen (secondary N) is 1. The van der Waals surface area contributed by atoms with Gasteiger partial charge < -0.3 is 10.1 Å². The number of unbranched alkanes of at least 4 members (excludes halogenated alkanes) is 1. The number of benzene rings is 1. The van der Waals surface area contributed by atoms with Gasteiger partial charge in [0.1, 0.15) is 0 Å². The van der Waals surface area contributed by atoms with Crippen LogP contribution in [0.25, 0.3) is 0 Å². The van der Waals surface area contributed by atoms with Gasteiger partial charge in [-0.05, 0) is 69.3 Å². The fraction of sp³-hybridized carbons (Fsp3) is 0.619. The van der Waals surface area contributed by atoms with Crippen LogP contribution in [-0.2, 0) is 20.9 Å². The first kappa shape index (κ1) is 24.8. The summed E-state index contributed by atoms with van der Waals surface area (Å²) in [4.78, 5) is -0.124. The lowest BCUT2D eigenvalue weighted by Crippen LogP contribution is -2.40. The van der Waals surface area contributed by atoms with Crippen molar-refractivity contribution in [1.29, 1.82) is 0 Å². The van der Waals surface area contributed by atoms with Gasteiger partial charge in [-0.3, -0.25) is 0 Å². The molecule has 0 unspecified atom stereocenters. The van der Waals surface area contributed by atoms with Gasteiger partial charge in [0.05, 0.1) is 16.6 Å². The molecule has 0 saturated heterocycles. The lowest BCUT2D eigenvalue weighted by atomic mass is 9.93. The molecule has 30 heavy (non-hydrogen) atoms. The summed E-state index contributed by atoms with van der Waals surface area (Å²) in [7, 11) is -2.34. The Morgan fingerprint density at radius 1 is 1.17 bits per heavy atom. The van der Waals surface area contributed by atoms with Crippen LogP contribution in [-0.4, -0.2) is 51.6 Å². The van der Waals surface area contributed by atoms with Gasteiger partial charge in [0.2, 0.25) is 10.0 Å². The molecule has 0 amide bonds. The van der Waals surface area contributed by atoms with Crippen LogP contribution in [0.3, 0.4) is 0 Å². The van der Waals surface area contributed by atoms with Crippen LogP contribution in [0, 0.1) is 0 Å². The summed E-state index contributed by atoms with van der Waals surface area (Å²) in [6.45, 7) is 6.06. The third-order valence-corrected chi connectivity index (χ3v) is 7.33. The first-order valence-corrected chi connectivity index (χ1v) is 11.7. The molecule has 1 aromatic carbocycles. The predicted octanol–water partition coefficient (Wildman–Crippen LogP) is 4.21. The fourth-order valence-corrected chi connectivity index (χ4v) is 4.98. The number of ether oxygens (including phenoxy) is 1. The molecule has 0 heterocycles. The highest BCUT2D eigenvalue weighted by Gasteiger charge is 2.34. The van der Waals surface area contributed by atoms with Crippen molar-refractivity contribution < 1.29 is 26.3 Å². The zero-order chi connectivity index (χ0) is 22.2. The van der Waals surface area contributed by atoms with Crippen molar-refractivity contribution in [3.8, 4) is 0 Å². The van der Waals surface area contributed by atoms with E-state index in [9.17, 15) is 21.6 Å². The van der Waals surface area contributed by atoms with E-state index >= 15 is 0 Å². The van der Waals surface area contributed by atoms with Crippen LogP contribution in [0.15, 0.2) is 41.8 Å². The van der Waals surface area contributed by atoms with Crippen LogP contribution in [0.5, 0.6) is 0 Å². The van der Waals surface area contributed by atoms with Gasteiger partial charge >= 0.3 is 6.18 Å². The highest BCUT2D eigenvalue weighted by atomic mass is 32.2. The number of nitrogens with zero attached hydrogens (tertiary/aromatic N) is 1. The van der Waals surface area contributed by atoms with E-state index < -0.39 is 21.8 Å². The van der Waals surface area contributed by atoms with Crippen molar-refractivity contribution in [3.05, 3.63) is 42.5 Å². The van der Waals surface area contributed by atoms with E-state index in [0.29, 0.717) is 19.4 Å². The highest BCUT2D eigenvalue weighted by Crippen LogP contribution is 2.32. The van der Waals surface area contributed by atoms with E-state index in [0.717, 1.165) is 63.0 Å². The van der Waals surface area contributed by atoms with Gasteiger partial charge in [-0.15, -0.1) is 6.58 Å². The van der Waals surface area contributed by atoms with Gasteiger partial charge in [-0.1, -0.05) is 6.08 Å². The second-order valence-electron chi connectivity index (χ2n) is 7.54. The summed E-state index contributed by atoms with van der Waals surface area (Å²) in [5.41, 5.74) is -0.863. The fourth-order valence-electron chi connectivity index (χ4n) is 3.56. The molecule has 1 saturated carbocycles. The Morgan fingerprint density at radius 3 is 2.37 bits per heavy atom. The molecule has 1 N–H and O–H groups in total. The molecular formula is C21H31F3N2O3S. The third-order valence-electron chi connectivity index (χ3n) is 5.41. The van der Waals surface area contributed by atoms with Gasteiger partial charge in [-0.25, -0.2) is 8.42 Å². The molecule has 0 aromatic heterocycles. The van der Waals surface area contributed by atoms with Crippen molar-refractivity contribution in [2.75, 3.05) is 26.7 Å². The lowest BCUT2D eigenvalue weighted by Gasteiger charge is -2.34. The van der Waals surface area contributed by atoms with Crippen LogP contribution in [0.1, 0.15) is 44.1 Å². The Hall–Kier alpha value is -1.42. The van der Waals surface area contributed by atoms with E-state index in [2.05, 4.69) is 11.9 Å². The van der Waals surface area contributed by atoms with Gasteiger partial charge in [0.25, 0.3) is 0 Å². The molecule has 0 spiro atoms. The van der Waals surface area contributed by atoms with Crippen molar-refractivity contribution in [1.82, 2.24) is 9.62 Å². The summed E-state index contributed by atoms with van der Waals surface area (Å²) < 4.78 is 70.9. The molecule has 1 aromatic rings. The molecule has 170 valence electrons. The molecule has 2 rings (SSSR count). The van der Waals surface area contributed by atoms with Gasteiger partial charge in [0.15, 0.2) is 0 Å². The largest absolute Gasteiger partial charge is 0.416 e. The normalized spacial score (nSPS) is 20.4. The monoisotopic (exact) mass is 448 g/mol. The summed E-state index contributed by atoms with van der Waals surface area (Å²) in [6, 6.07) is 3.47. The lowest BCUT2D eigenvalue weighted by molar-refractivity contribution is -0.137. The smallest absolute Gasteiger partial charge is 0.378 e. The van der Waals surface area contributed by atoms with E-state index in [1.807, 2.05) is 6.08 Å². The van der Waals surface area contributed by atoms with E-state index in [4.69, 9.17) is 4.74 Å². The van der Waals surface area contributed by atoms with Crippen LogP contribution >= 0.6 is 0 Å². The maximum Gasteiger partial charge on any atom is 0.416 e. The standard InChI is InChI=1S/C21H31F3N2O3S/c1-3-14-25-15-4-5-16-29-19-10-8-18(9-11-19)26(2)30(27,28)20-12-6-17(7-13-20)21(22,23)24/h3,6-7,12-13,18-19,25H,1,4-5,8-11,14-16H2,2H3. The summed E-state index contributed by atoms with van der Waals surface area (Å²) in [5.74, 6) is 0. The van der Waals surface area contributed by atoms with Gasteiger partial charge in [0, 0.05) is 26.2 Å². The molecule has 0 aliphatic heterocycles. The molecule has 0 atom stereocenters. The van der Waals surface area contributed by atoms with Crippen molar-refractivity contribution in [2.24, 2.45) is 0 Å². The Labute approximate surface area is 177 Å². The summed E-state index contributed by atoms with van der Waals surface area (Å²) in [5, 5.41) is 3.24. The maximum atomic E-state index is 12.8. The topological polar surface area (TPSA) is 58.6 Å². The van der Waals surface area contributed by atoms with Gasteiger partial charge in [-0.2, -0.15) is 17.5 Å². The van der Waals surface area contributed by atoms with E-state index in [1.54, 1.807) is 0 Å². The molecule has 9 heteroatoms. The molecule has 0 bridgehead atoms. The Bertz CT molecular complexity index is 759. The molecule has 1 fully saturated rings. The quantitative estimate of drug-likeness (QED) is 0.407. The Balaban J connectivity index is 1.80. The summed E-state index contributed by atoms with van der Waals surface area (Å²) >= 11 is 0. The van der Waals surface area contributed by atoms with E-state index in [1.165, 1.54) is 11.4 Å². The van der Waals surface area contributed by atoms with E-state index in [-0.39, 0.29) is 17.0 Å². The minimum Gasteiger partial charge on any atom is -0.378 e. The molecule has 0 radical (unpaired) electrons. The summed E-state index contributed by atoms with van der Waals surface area (Å²) in [6.07, 6.45) is 2.33. The number of sulfonamides is 1. The van der Waals surface area contributed by atoms with Crippen LogP contribution in [0.2, 0.25) is 0 Å². The predicted molar refractivity (Wildman–Crippen MR) is 111 cm³/mol. The molecule has 1 aliphatic rings. The maximum absolute atomic E-state index is 12.8. The first-order chi connectivity index (χ1) is 14.2. The minimum absolute atomic E-state index is 0.124. The number of alkyl halides is 3. The van der Waals surface area contributed by atoms with Crippen LogP contribution in [0.4, 0.5) is 13.2 Å².